The Labute approximate surface area is 204 Å². The third kappa shape index (κ3) is 4.67. The summed E-state index contributed by atoms with van der Waals surface area (Å²) < 4.78 is 5.64. The van der Waals surface area contributed by atoms with Gasteiger partial charge in [-0.3, -0.25) is 4.79 Å². The average Bonchev–Trinajstić information content (AvgIpc) is 3.17. The van der Waals surface area contributed by atoms with Crippen LogP contribution in [0.15, 0.2) is 60.2 Å². The molecule has 0 aromatic heterocycles. The maximum absolute atomic E-state index is 13.2. The van der Waals surface area contributed by atoms with Crippen LogP contribution in [0.25, 0.3) is 11.1 Å². The summed E-state index contributed by atoms with van der Waals surface area (Å²) in [5.74, 6) is -1.04. The van der Waals surface area contributed by atoms with Gasteiger partial charge in [0, 0.05) is 31.1 Å². The van der Waals surface area contributed by atoms with Gasteiger partial charge in [-0.25, -0.2) is 9.59 Å². The lowest BCUT2D eigenvalue weighted by molar-refractivity contribution is -0.139. The molecule has 2 aliphatic carbocycles. The quantitative estimate of drug-likeness (QED) is 0.628. The van der Waals surface area contributed by atoms with Gasteiger partial charge < -0.3 is 20.1 Å². The third-order valence-corrected chi connectivity index (χ3v) is 7.64. The maximum Gasteiger partial charge on any atom is 0.407 e. The van der Waals surface area contributed by atoms with Crippen LogP contribution in [-0.4, -0.2) is 54.2 Å². The van der Waals surface area contributed by atoms with Gasteiger partial charge in [0.1, 0.15) is 6.61 Å². The lowest BCUT2D eigenvalue weighted by Gasteiger charge is -2.37. The van der Waals surface area contributed by atoms with E-state index in [1.807, 2.05) is 24.3 Å². The molecule has 7 nitrogen and oxygen atoms in total. The van der Waals surface area contributed by atoms with Crippen molar-refractivity contribution in [2.24, 2.45) is 11.8 Å². The molecule has 2 aromatic carbocycles. The Balaban J connectivity index is 1.19. The molecule has 1 fully saturated rings. The molecule has 5 rings (SSSR count). The molecular formula is C28H30N2O5. The highest BCUT2D eigenvalue weighted by Crippen LogP contribution is 2.44. The van der Waals surface area contributed by atoms with E-state index in [4.69, 9.17) is 9.84 Å². The molecule has 35 heavy (non-hydrogen) atoms. The van der Waals surface area contributed by atoms with Crippen molar-refractivity contribution in [2.75, 3.05) is 26.2 Å². The van der Waals surface area contributed by atoms with Crippen molar-refractivity contribution in [2.45, 2.75) is 31.6 Å². The molecule has 3 aliphatic rings. The number of aliphatic carboxylic acids is 1. The van der Waals surface area contributed by atoms with E-state index in [1.54, 1.807) is 11.0 Å². The Hall–Kier alpha value is -3.61. The molecule has 1 atom stereocenters. The monoisotopic (exact) mass is 474 g/mol. The Morgan fingerprint density at radius 1 is 1.03 bits per heavy atom. The fourth-order valence-corrected chi connectivity index (χ4v) is 5.44. The molecule has 0 bridgehead atoms. The lowest BCUT2D eigenvalue weighted by Crippen LogP contribution is -2.47. The van der Waals surface area contributed by atoms with E-state index < -0.39 is 12.1 Å². The maximum atomic E-state index is 13.2. The van der Waals surface area contributed by atoms with Crippen LogP contribution < -0.4 is 5.32 Å². The van der Waals surface area contributed by atoms with E-state index in [0.717, 1.165) is 30.4 Å². The minimum absolute atomic E-state index is 0.0132. The number of nitrogens with zero attached hydrogens (tertiary/aromatic N) is 1. The largest absolute Gasteiger partial charge is 0.478 e. The SMILES string of the molecule is O=C(NCC(C(=O)N1CC=C(C(=O)O)CC1)C1CCC1)OCC1c2ccccc2-c2ccccc21. The summed E-state index contributed by atoms with van der Waals surface area (Å²) in [6.07, 6.45) is 4.46. The fraction of sp³-hybridized carbons (Fsp3) is 0.393. The molecular weight excluding hydrogens is 444 g/mol. The highest BCUT2D eigenvalue weighted by atomic mass is 16.5. The van der Waals surface area contributed by atoms with Crippen molar-refractivity contribution in [3.05, 3.63) is 71.3 Å². The summed E-state index contributed by atoms with van der Waals surface area (Å²) in [5, 5.41) is 12.0. The molecule has 1 heterocycles. The van der Waals surface area contributed by atoms with Gasteiger partial charge >= 0.3 is 12.1 Å². The van der Waals surface area contributed by atoms with Crippen molar-refractivity contribution in [1.29, 1.82) is 0 Å². The smallest absolute Gasteiger partial charge is 0.407 e. The highest BCUT2D eigenvalue weighted by molar-refractivity contribution is 5.88. The van der Waals surface area contributed by atoms with Gasteiger partial charge in [-0.2, -0.15) is 0 Å². The van der Waals surface area contributed by atoms with E-state index in [2.05, 4.69) is 29.6 Å². The van der Waals surface area contributed by atoms with Crippen LogP contribution in [0.1, 0.15) is 42.7 Å². The highest BCUT2D eigenvalue weighted by Gasteiger charge is 2.36. The number of carboxylic acid groups (broad SMARTS) is 1. The van der Waals surface area contributed by atoms with E-state index in [0.29, 0.717) is 25.1 Å². The number of hydrogen-bond donors (Lipinski definition) is 2. The van der Waals surface area contributed by atoms with Gasteiger partial charge in [0.25, 0.3) is 0 Å². The zero-order chi connectivity index (χ0) is 24.4. The topological polar surface area (TPSA) is 95.9 Å². The Kier molecular flexibility index (Phi) is 6.57. The summed E-state index contributed by atoms with van der Waals surface area (Å²) in [6, 6.07) is 16.4. The molecule has 1 aliphatic heterocycles. The minimum atomic E-state index is -0.926. The van der Waals surface area contributed by atoms with Crippen LogP contribution in [0.5, 0.6) is 0 Å². The number of carboxylic acids is 1. The van der Waals surface area contributed by atoms with E-state index in [-0.39, 0.29) is 36.8 Å². The van der Waals surface area contributed by atoms with Crippen LogP contribution in [0.3, 0.4) is 0 Å². The number of nitrogens with one attached hydrogen (secondary N) is 1. The first-order valence-electron chi connectivity index (χ1n) is 12.3. The molecule has 182 valence electrons. The second-order valence-corrected chi connectivity index (χ2v) is 9.57. The molecule has 7 heteroatoms. The lowest BCUT2D eigenvalue weighted by atomic mass is 9.75. The number of carbonyl (C=O) groups excluding carboxylic acids is 2. The number of ether oxygens (including phenoxy) is 1. The number of rotatable bonds is 7. The molecule has 2 amide bonds. The molecule has 0 saturated heterocycles. The molecule has 1 saturated carbocycles. The summed E-state index contributed by atoms with van der Waals surface area (Å²) in [6.45, 7) is 1.16. The number of fused-ring (bicyclic) bond motifs is 3. The molecule has 0 spiro atoms. The minimum Gasteiger partial charge on any atom is -0.478 e. The Morgan fingerprint density at radius 2 is 1.69 bits per heavy atom. The molecule has 0 radical (unpaired) electrons. The van der Waals surface area contributed by atoms with Gasteiger partial charge in [0.05, 0.1) is 5.92 Å². The summed E-state index contributed by atoms with van der Waals surface area (Å²) in [7, 11) is 0. The number of carbonyl (C=O) groups is 3. The number of hydrogen-bond acceptors (Lipinski definition) is 4. The van der Waals surface area contributed by atoms with Crippen LogP contribution in [0.2, 0.25) is 0 Å². The summed E-state index contributed by atoms with van der Waals surface area (Å²) in [4.78, 5) is 38.7. The van der Waals surface area contributed by atoms with E-state index >= 15 is 0 Å². The first-order valence-corrected chi connectivity index (χ1v) is 12.3. The first-order chi connectivity index (χ1) is 17.0. The Morgan fingerprint density at radius 3 is 2.23 bits per heavy atom. The second-order valence-electron chi connectivity index (χ2n) is 9.57. The average molecular weight is 475 g/mol. The van der Waals surface area contributed by atoms with Gasteiger partial charge in [0.2, 0.25) is 5.91 Å². The predicted octanol–water partition coefficient (Wildman–Crippen LogP) is 4.18. The van der Waals surface area contributed by atoms with Crippen molar-refractivity contribution < 1.29 is 24.2 Å². The Bertz CT molecular complexity index is 1120. The molecule has 1 unspecified atom stereocenters. The third-order valence-electron chi connectivity index (χ3n) is 7.64. The van der Waals surface area contributed by atoms with Crippen LogP contribution in [-0.2, 0) is 14.3 Å². The summed E-state index contributed by atoms with van der Waals surface area (Å²) >= 11 is 0. The molecule has 2 N–H and O–H groups in total. The van der Waals surface area contributed by atoms with E-state index in [1.165, 1.54) is 11.1 Å². The first kappa shape index (κ1) is 23.1. The van der Waals surface area contributed by atoms with Crippen LogP contribution in [0.4, 0.5) is 4.79 Å². The van der Waals surface area contributed by atoms with Crippen molar-refractivity contribution >= 4 is 18.0 Å². The van der Waals surface area contributed by atoms with Gasteiger partial charge in [-0.15, -0.1) is 0 Å². The number of benzene rings is 2. The zero-order valence-electron chi connectivity index (χ0n) is 19.6. The zero-order valence-corrected chi connectivity index (χ0v) is 19.6. The van der Waals surface area contributed by atoms with Gasteiger partial charge in [0.15, 0.2) is 0 Å². The van der Waals surface area contributed by atoms with Gasteiger partial charge in [-0.1, -0.05) is 61.0 Å². The second kappa shape index (κ2) is 9.94. The van der Waals surface area contributed by atoms with Crippen molar-refractivity contribution in [3.63, 3.8) is 0 Å². The fourth-order valence-electron chi connectivity index (χ4n) is 5.44. The predicted molar refractivity (Wildman–Crippen MR) is 131 cm³/mol. The number of amides is 2. The standard InChI is InChI=1S/C28H30N2O5/c31-26(30-14-12-19(13-15-30)27(32)33)24(18-6-5-7-18)16-29-28(34)35-17-25-22-10-3-1-8-20(22)21-9-2-4-11-23(21)25/h1-4,8-12,18,24-25H,5-7,13-17H2,(H,29,34)(H,32,33). The van der Waals surface area contributed by atoms with Crippen LogP contribution in [0, 0.1) is 11.8 Å². The van der Waals surface area contributed by atoms with E-state index in [9.17, 15) is 14.4 Å². The molecule has 2 aromatic rings. The summed E-state index contributed by atoms with van der Waals surface area (Å²) in [5.41, 5.74) is 5.01. The van der Waals surface area contributed by atoms with Gasteiger partial charge in [-0.05, 0) is 47.4 Å². The normalized spacial score (nSPS) is 18.1. The van der Waals surface area contributed by atoms with Crippen molar-refractivity contribution in [3.8, 4) is 11.1 Å². The van der Waals surface area contributed by atoms with Crippen LogP contribution >= 0.6 is 0 Å². The number of alkyl carbamates (subject to hydrolysis) is 1. The van der Waals surface area contributed by atoms with Crippen molar-refractivity contribution in [1.82, 2.24) is 10.2 Å².